The summed E-state index contributed by atoms with van der Waals surface area (Å²) in [6.45, 7) is 1.05. The van der Waals surface area contributed by atoms with Gasteiger partial charge in [-0.15, -0.1) is 0 Å². The predicted octanol–water partition coefficient (Wildman–Crippen LogP) is -1.28. The van der Waals surface area contributed by atoms with Gasteiger partial charge < -0.3 is 14.3 Å². The zero-order chi connectivity index (χ0) is 19.3. The summed E-state index contributed by atoms with van der Waals surface area (Å²) in [4.78, 5) is 55.6. The van der Waals surface area contributed by atoms with Crippen LogP contribution in [0.15, 0.2) is 15.9 Å². The summed E-state index contributed by atoms with van der Waals surface area (Å²) in [5.74, 6) is -0.146. The highest BCUT2D eigenvalue weighted by atomic mass is 16.2. The van der Waals surface area contributed by atoms with Crippen LogP contribution in [0.2, 0.25) is 0 Å². The molecule has 4 rings (SSSR count). The summed E-state index contributed by atoms with van der Waals surface area (Å²) in [6, 6.07) is -0.947. The Balaban J connectivity index is 1.81. The van der Waals surface area contributed by atoms with Gasteiger partial charge in [-0.05, 0) is 25.7 Å². The van der Waals surface area contributed by atoms with Crippen LogP contribution in [0.4, 0.5) is 0 Å². The Morgan fingerprint density at radius 3 is 2.67 bits per heavy atom. The van der Waals surface area contributed by atoms with Gasteiger partial charge in [0.05, 0.1) is 12.4 Å². The number of fused-ring (bicyclic) bond motifs is 1. The molecule has 10 nitrogen and oxygen atoms in total. The number of hydrogen-bond donors (Lipinski definition) is 0. The molecule has 0 spiro atoms. The average Bonchev–Trinajstić information content (AvgIpc) is 3.39. The average molecular weight is 374 g/mol. The van der Waals surface area contributed by atoms with Crippen molar-refractivity contribution in [3.05, 3.63) is 27.2 Å². The molecule has 4 heterocycles. The first-order valence-corrected chi connectivity index (χ1v) is 9.11. The van der Waals surface area contributed by atoms with Gasteiger partial charge in [-0.3, -0.25) is 19.2 Å². The van der Waals surface area contributed by atoms with Gasteiger partial charge in [0, 0.05) is 27.2 Å². The largest absolute Gasteiger partial charge is 0.351 e. The molecule has 2 atom stereocenters. The van der Waals surface area contributed by atoms with Crippen molar-refractivity contribution in [2.45, 2.75) is 37.8 Å². The van der Waals surface area contributed by atoms with E-state index in [1.165, 1.54) is 18.1 Å². The lowest BCUT2D eigenvalue weighted by Crippen LogP contribution is -2.56. The van der Waals surface area contributed by atoms with Gasteiger partial charge in [0.15, 0.2) is 11.2 Å². The van der Waals surface area contributed by atoms with Crippen LogP contribution in [0.3, 0.4) is 0 Å². The highest BCUT2D eigenvalue weighted by Gasteiger charge is 2.39. The highest BCUT2D eigenvalue weighted by molar-refractivity contribution is 5.87. The molecule has 10 heteroatoms. The van der Waals surface area contributed by atoms with E-state index >= 15 is 0 Å². The maximum absolute atomic E-state index is 13.1. The maximum atomic E-state index is 13.1. The molecule has 0 N–H and O–H groups in total. The lowest BCUT2D eigenvalue weighted by molar-refractivity contribution is -0.135. The number of aryl methyl sites for hydroxylation is 1. The Hall–Kier alpha value is -2.91. The minimum absolute atomic E-state index is 0.146. The number of amides is 1. The topological polar surface area (TPSA) is 102 Å². The minimum atomic E-state index is -0.550. The normalized spacial score (nSPS) is 22.7. The third-order valence-electron chi connectivity index (χ3n) is 5.60. The summed E-state index contributed by atoms with van der Waals surface area (Å²) in [5.41, 5.74) is -0.394. The molecule has 0 bridgehead atoms. The molecular formula is C17H22N6O4. The van der Waals surface area contributed by atoms with Crippen molar-refractivity contribution in [2.24, 2.45) is 14.1 Å². The number of aromatic nitrogens is 4. The molecule has 2 fully saturated rings. The third kappa shape index (κ3) is 2.50. The summed E-state index contributed by atoms with van der Waals surface area (Å²) in [6.07, 6.45) is 5.10. The van der Waals surface area contributed by atoms with E-state index in [1.54, 1.807) is 21.5 Å². The molecule has 0 saturated carbocycles. The molecule has 1 amide bonds. The van der Waals surface area contributed by atoms with Gasteiger partial charge >= 0.3 is 5.69 Å². The first-order chi connectivity index (χ1) is 13.0. The molecule has 27 heavy (non-hydrogen) atoms. The molecule has 2 aromatic rings. The molecule has 0 radical (unpaired) electrons. The van der Waals surface area contributed by atoms with Crippen molar-refractivity contribution in [3.8, 4) is 0 Å². The van der Waals surface area contributed by atoms with E-state index < -0.39 is 23.3 Å². The van der Waals surface area contributed by atoms with Crippen molar-refractivity contribution in [1.82, 2.24) is 23.7 Å². The Labute approximate surface area is 154 Å². The van der Waals surface area contributed by atoms with Crippen molar-refractivity contribution < 1.29 is 9.59 Å². The van der Waals surface area contributed by atoms with Crippen molar-refractivity contribution in [1.29, 1.82) is 0 Å². The molecule has 0 aliphatic carbocycles. The molecular weight excluding hydrogens is 352 g/mol. The maximum Gasteiger partial charge on any atom is 0.351 e. The third-order valence-corrected chi connectivity index (χ3v) is 5.60. The zero-order valence-electron chi connectivity index (χ0n) is 15.4. The summed E-state index contributed by atoms with van der Waals surface area (Å²) in [5, 5.41) is 1.69. The number of rotatable bonds is 3. The predicted molar refractivity (Wildman–Crippen MR) is 97.1 cm³/mol. The van der Waals surface area contributed by atoms with Gasteiger partial charge in [-0.1, -0.05) is 0 Å². The van der Waals surface area contributed by atoms with Crippen LogP contribution in [0.1, 0.15) is 25.7 Å². The first-order valence-electron chi connectivity index (χ1n) is 9.11. The number of aldehydes is 1. The number of likely N-dealkylation sites (tertiary alicyclic amines) is 1. The van der Waals surface area contributed by atoms with E-state index in [0.717, 1.165) is 23.7 Å². The van der Waals surface area contributed by atoms with Crippen molar-refractivity contribution >= 4 is 23.4 Å². The Morgan fingerprint density at radius 1 is 1.19 bits per heavy atom. The second-order valence-electron chi connectivity index (χ2n) is 7.18. The quantitative estimate of drug-likeness (QED) is 0.621. The van der Waals surface area contributed by atoms with E-state index in [4.69, 9.17) is 0 Å². The fraction of sp³-hybridized carbons (Fsp3) is 0.588. The molecule has 2 aromatic heterocycles. The number of hydrogen-bond acceptors (Lipinski definition) is 6. The van der Waals surface area contributed by atoms with E-state index in [2.05, 4.69) is 4.98 Å². The lowest BCUT2D eigenvalue weighted by Gasteiger charge is -2.31. The van der Waals surface area contributed by atoms with Gasteiger partial charge in [0.1, 0.15) is 12.3 Å². The first kappa shape index (κ1) is 17.5. The summed E-state index contributed by atoms with van der Waals surface area (Å²) in [7, 11) is 3.11. The number of carbonyl (C=O) groups excluding carboxylic acids is 2. The second kappa shape index (κ2) is 6.36. The van der Waals surface area contributed by atoms with E-state index in [1.807, 2.05) is 0 Å². The van der Waals surface area contributed by atoms with Crippen LogP contribution in [0.25, 0.3) is 11.2 Å². The molecule has 144 valence electrons. The van der Waals surface area contributed by atoms with Crippen molar-refractivity contribution in [2.75, 3.05) is 18.1 Å². The van der Waals surface area contributed by atoms with Crippen molar-refractivity contribution in [3.63, 3.8) is 0 Å². The summed E-state index contributed by atoms with van der Waals surface area (Å²) >= 11 is 0. The van der Waals surface area contributed by atoms with E-state index in [9.17, 15) is 19.2 Å². The van der Waals surface area contributed by atoms with Crippen LogP contribution < -0.4 is 16.3 Å². The lowest BCUT2D eigenvalue weighted by atomic mass is 10.2. The Kier molecular flexibility index (Phi) is 4.12. The number of nitrogens with zero attached hydrogens (tertiary/aromatic N) is 6. The smallest absolute Gasteiger partial charge is 0.331 e. The summed E-state index contributed by atoms with van der Waals surface area (Å²) < 4.78 is 3.95. The van der Waals surface area contributed by atoms with Gasteiger partial charge in [-0.2, -0.15) is 4.68 Å². The fourth-order valence-electron chi connectivity index (χ4n) is 4.17. The van der Waals surface area contributed by atoms with Gasteiger partial charge in [0.25, 0.3) is 5.56 Å². The molecule has 2 aliphatic heterocycles. The van der Waals surface area contributed by atoms with Gasteiger partial charge in [0.2, 0.25) is 5.91 Å². The SMILES string of the molecule is Cn1c(=O)c2c(ncn2C)n(N2CCCC2C(=O)N2CCCC2C=O)c1=O. The minimum Gasteiger partial charge on any atom is -0.331 e. The van der Waals surface area contributed by atoms with Gasteiger partial charge in [-0.25, -0.2) is 9.78 Å². The molecule has 0 aromatic carbocycles. The molecule has 2 saturated heterocycles. The second-order valence-corrected chi connectivity index (χ2v) is 7.18. The number of imidazole rings is 1. The monoisotopic (exact) mass is 374 g/mol. The zero-order valence-corrected chi connectivity index (χ0v) is 15.4. The van der Waals surface area contributed by atoms with Crippen LogP contribution in [-0.2, 0) is 23.7 Å². The van der Waals surface area contributed by atoms with E-state index in [-0.39, 0.29) is 11.6 Å². The van der Waals surface area contributed by atoms with Crippen LogP contribution in [0, 0.1) is 0 Å². The molecule has 2 aliphatic rings. The standard InChI is InChI=1S/C17H22N6O4/c1-19-10-18-14-13(19)16(26)20(2)17(27)23(14)22-8-4-6-12(22)15(25)21-7-3-5-11(21)9-24/h9-12H,3-8H2,1-2H3. The highest BCUT2D eigenvalue weighted by Crippen LogP contribution is 2.23. The van der Waals surface area contributed by atoms with Crippen LogP contribution in [0.5, 0.6) is 0 Å². The van der Waals surface area contributed by atoms with Crippen LogP contribution >= 0.6 is 0 Å². The Morgan fingerprint density at radius 2 is 1.93 bits per heavy atom. The fourth-order valence-corrected chi connectivity index (χ4v) is 4.17. The van der Waals surface area contributed by atoms with Crippen LogP contribution in [-0.4, -0.2) is 61.1 Å². The Bertz CT molecular complexity index is 1030. The van der Waals surface area contributed by atoms with E-state index in [0.29, 0.717) is 31.4 Å². The molecule has 2 unspecified atom stereocenters. The number of carbonyl (C=O) groups is 2.